The van der Waals surface area contributed by atoms with Gasteiger partial charge in [-0.1, -0.05) is 35.5 Å². The van der Waals surface area contributed by atoms with Gasteiger partial charge in [0.15, 0.2) is 5.82 Å². The van der Waals surface area contributed by atoms with Gasteiger partial charge in [-0.05, 0) is 36.4 Å². The van der Waals surface area contributed by atoms with Gasteiger partial charge in [0.25, 0.3) is 5.89 Å². The fourth-order valence-electron chi connectivity index (χ4n) is 3.24. The van der Waals surface area contributed by atoms with Crippen molar-refractivity contribution in [3.05, 3.63) is 58.5 Å². The summed E-state index contributed by atoms with van der Waals surface area (Å²) in [5.74, 6) is 1.01. The molecule has 0 spiro atoms. The first-order valence-corrected chi connectivity index (χ1v) is 9.65. The van der Waals surface area contributed by atoms with Crippen LogP contribution < -0.4 is 5.32 Å². The maximum atomic E-state index is 12.6. The minimum absolute atomic E-state index is 0.0281. The Balaban J connectivity index is 1.34. The highest BCUT2D eigenvalue weighted by Crippen LogP contribution is 2.21. The number of hydrogen-bond donors (Lipinski definition) is 1. The number of amides is 1. The van der Waals surface area contributed by atoms with Crippen molar-refractivity contribution in [1.82, 2.24) is 20.4 Å². The van der Waals surface area contributed by atoms with Gasteiger partial charge in [-0.3, -0.25) is 9.69 Å². The standard InChI is InChI=1S/C19H20N4O2S/c24-18(16-7-4-9-23(16)12-14-5-2-1-3-6-14)20-11-17-21-19(25-22-17)15-8-10-26-13-15/h1-3,5-6,8,10,13,16H,4,7,9,11-12H2,(H,20,24)/t16-/m1/s1. The van der Waals surface area contributed by atoms with Crippen LogP contribution in [0.5, 0.6) is 0 Å². The average Bonchev–Trinajstić information content (AvgIpc) is 3.41. The molecule has 1 fully saturated rings. The van der Waals surface area contributed by atoms with Crippen molar-refractivity contribution in [2.24, 2.45) is 0 Å². The van der Waals surface area contributed by atoms with Crippen molar-refractivity contribution in [1.29, 1.82) is 0 Å². The fraction of sp³-hybridized carbons (Fsp3) is 0.316. The maximum Gasteiger partial charge on any atom is 0.258 e. The smallest absolute Gasteiger partial charge is 0.258 e. The molecule has 1 amide bonds. The molecule has 1 N–H and O–H groups in total. The molecular weight excluding hydrogens is 348 g/mol. The lowest BCUT2D eigenvalue weighted by molar-refractivity contribution is -0.125. The van der Waals surface area contributed by atoms with Gasteiger partial charge in [0.1, 0.15) is 0 Å². The van der Waals surface area contributed by atoms with Crippen LogP contribution in [0.25, 0.3) is 11.5 Å². The summed E-state index contributed by atoms with van der Waals surface area (Å²) in [4.78, 5) is 19.2. The third kappa shape index (κ3) is 3.84. The van der Waals surface area contributed by atoms with Gasteiger partial charge in [0.05, 0.1) is 18.2 Å². The summed E-state index contributed by atoms with van der Waals surface area (Å²) in [6.45, 7) is 2.02. The molecule has 1 saturated heterocycles. The Morgan fingerprint density at radius 3 is 3.00 bits per heavy atom. The number of nitrogens with zero attached hydrogens (tertiary/aromatic N) is 3. The van der Waals surface area contributed by atoms with Gasteiger partial charge in [0, 0.05) is 11.9 Å². The molecule has 26 heavy (non-hydrogen) atoms. The SMILES string of the molecule is O=C(NCc1noc(-c2ccsc2)n1)[C@H]1CCCN1Cc1ccccc1. The second-order valence-corrected chi connectivity index (χ2v) is 7.14. The molecule has 0 bridgehead atoms. The van der Waals surface area contributed by atoms with Crippen LogP contribution in [0.3, 0.4) is 0 Å². The quantitative estimate of drug-likeness (QED) is 0.724. The molecular formula is C19H20N4O2S. The van der Waals surface area contributed by atoms with Crippen molar-refractivity contribution < 1.29 is 9.32 Å². The van der Waals surface area contributed by atoms with Crippen LogP contribution in [-0.4, -0.2) is 33.5 Å². The lowest BCUT2D eigenvalue weighted by Crippen LogP contribution is -2.42. The Hall–Kier alpha value is -2.51. The second kappa shape index (κ2) is 7.80. The number of hydrogen-bond acceptors (Lipinski definition) is 6. The molecule has 0 aliphatic carbocycles. The summed E-state index contributed by atoms with van der Waals surface area (Å²) >= 11 is 1.58. The van der Waals surface area contributed by atoms with Crippen LogP contribution in [-0.2, 0) is 17.9 Å². The molecule has 4 rings (SSSR count). The van der Waals surface area contributed by atoms with Crippen molar-refractivity contribution in [2.75, 3.05) is 6.54 Å². The number of likely N-dealkylation sites (tertiary alicyclic amines) is 1. The van der Waals surface area contributed by atoms with Crippen molar-refractivity contribution in [3.63, 3.8) is 0 Å². The highest BCUT2D eigenvalue weighted by atomic mass is 32.1. The monoisotopic (exact) mass is 368 g/mol. The number of nitrogens with one attached hydrogen (secondary N) is 1. The topological polar surface area (TPSA) is 71.3 Å². The highest BCUT2D eigenvalue weighted by molar-refractivity contribution is 7.08. The van der Waals surface area contributed by atoms with Gasteiger partial charge in [-0.2, -0.15) is 16.3 Å². The Morgan fingerprint density at radius 2 is 2.19 bits per heavy atom. The third-order valence-corrected chi connectivity index (χ3v) is 5.23. The molecule has 1 aromatic carbocycles. The third-order valence-electron chi connectivity index (χ3n) is 4.55. The minimum atomic E-state index is -0.0987. The predicted molar refractivity (Wildman–Crippen MR) is 99.3 cm³/mol. The molecule has 3 aromatic rings. The second-order valence-electron chi connectivity index (χ2n) is 6.36. The summed E-state index contributed by atoms with van der Waals surface area (Å²) in [5.41, 5.74) is 2.13. The molecule has 0 saturated carbocycles. The van der Waals surface area contributed by atoms with E-state index >= 15 is 0 Å². The zero-order valence-corrected chi connectivity index (χ0v) is 15.1. The molecule has 7 heteroatoms. The Morgan fingerprint density at radius 1 is 1.31 bits per heavy atom. The summed E-state index contributed by atoms with van der Waals surface area (Å²) in [6, 6.07) is 12.1. The van der Waals surface area contributed by atoms with Gasteiger partial charge in [-0.15, -0.1) is 0 Å². The Kier molecular flexibility index (Phi) is 5.08. The maximum absolute atomic E-state index is 12.6. The lowest BCUT2D eigenvalue weighted by atomic mass is 10.1. The van der Waals surface area contributed by atoms with E-state index in [-0.39, 0.29) is 18.5 Å². The molecule has 134 valence electrons. The van der Waals surface area contributed by atoms with E-state index < -0.39 is 0 Å². The first-order chi connectivity index (χ1) is 12.8. The normalized spacial score (nSPS) is 17.5. The number of benzene rings is 1. The summed E-state index contributed by atoms with van der Waals surface area (Å²) < 4.78 is 5.25. The van der Waals surface area contributed by atoms with Gasteiger partial charge in [-0.25, -0.2) is 0 Å². The minimum Gasteiger partial charge on any atom is -0.347 e. The first-order valence-electron chi connectivity index (χ1n) is 8.70. The Bertz CT molecular complexity index is 848. The van der Waals surface area contributed by atoms with Crippen LogP contribution in [0.4, 0.5) is 0 Å². The Labute approximate surface area is 155 Å². The molecule has 2 aromatic heterocycles. The van der Waals surface area contributed by atoms with E-state index in [0.717, 1.165) is 31.5 Å². The van der Waals surface area contributed by atoms with Crippen LogP contribution in [0.15, 0.2) is 51.7 Å². The fourth-order valence-corrected chi connectivity index (χ4v) is 3.87. The zero-order valence-electron chi connectivity index (χ0n) is 14.3. The van der Waals surface area contributed by atoms with E-state index in [1.54, 1.807) is 11.3 Å². The van der Waals surface area contributed by atoms with E-state index in [0.29, 0.717) is 11.7 Å². The average molecular weight is 368 g/mol. The predicted octanol–water partition coefficient (Wildman–Crippen LogP) is 3.08. The molecule has 1 aliphatic rings. The first kappa shape index (κ1) is 16.9. The molecule has 3 heterocycles. The largest absolute Gasteiger partial charge is 0.347 e. The van der Waals surface area contributed by atoms with Crippen LogP contribution in [0.2, 0.25) is 0 Å². The lowest BCUT2D eigenvalue weighted by Gasteiger charge is -2.23. The number of carbonyl (C=O) groups is 1. The van der Waals surface area contributed by atoms with Crippen molar-refractivity contribution >= 4 is 17.2 Å². The van der Waals surface area contributed by atoms with E-state index in [2.05, 4.69) is 32.5 Å². The molecule has 1 atom stereocenters. The molecule has 0 radical (unpaired) electrons. The van der Waals surface area contributed by atoms with Crippen molar-refractivity contribution in [3.8, 4) is 11.5 Å². The van der Waals surface area contributed by atoms with Crippen molar-refractivity contribution in [2.45, 2.75) is 32.0 Å². The molecule has 6 nitrogen and oxygen atoms in total. The van der Waals surface area contributed by atoms with Gasteiger partial charge >= 0.3 is 0 Å². The summed E-state index contributed by atoms with van der Waals surface area (Å²) in [7, 11) is 0. The summed E-state index contributed by atoms with van der Waals surface area (Å²) in [6.07, 6.45) is 1.92. The van der Waals surface area contributed by atoms with Crippen LogP contribution in [0.1, 0.15) is 24.2 Å². The van der Waals surface area contributed by atoms with E-state index in [1.165, 1.54) is 5.56 Å². The van der Waals surface area contributed by atoms with E-state index in [1.807, 2.05) is 35.0 Å². The van der Waals surface area contributed by atoms with Gasteiger partial charge in [0.2, 0.25) is 5.91 Å². The van der Waals surface area contributed by atoms with E-state index in [9.17, 15) is 4.79 Å². The summed E-state index contributed by atoms with van der Waals surface area (Å²) in [5, 5.41) is 10.8. The van der Waals surface area contributed by atoms with Crippen LogP contribution >= 0.6 is 11.3 Å². The molecule has 1 aliphatic heterocycles. The number of rotatable bonds is 6. The molecule has 0 unspecified atom stereocenters. The number of thiophene rings is 1. The zero-order chi connectivity index (χ0) is 17.8. The highest BCUT2D eigenvalue weighted by Gasteiger charge is 2.30. The van der Waals surface area contributed by atoms with Gasteiger partial charge < -0.3 is 9.84 Å². The number of aromatic nitrogens is 2. The number of carbonyl (C=O) groups excluding carboxylic acids is 1. The van der Waals surface area contributed by atoms with Crippen LogP contribution in [0, 0.1) is 0 Å². The van der Waals surface area contributed by atoms with E-state index in [4.69, 9.17) is 4.52 Å².